The van der Waals surface area contributed by atoms with E-state index in [1.165, 1.54) is 17.1 Å². The lowest BCUT2D eigenvalue weighted by Gasteiger charge is -2.27. The summed E-state index contributed by atoms with van der Waals surface area (Å²) in [5.41, 5.74) is 2.22. The third kappa shape index (κ3) is 4.47. The van der Waals surface area contributed by atoms with Gasteiger partial charge in [-0.05, 0) is 29.8 Å². The predicted molar refractivity (Wildman–Crippen MR) is 95.3 cm³/mol. The normalized spacial score (nSPS) is 15.3. The summed E-state index contributed by atoms with van der Waals surface area (Å²) in [6.45, 7) is 4.04. The Balaban J connectivity index is 1.66. The smallest absolute Gasteiger partial charge is 0.383 e. The number of carbonyl (C=O) groups excluding carboxylic acids is 1. The molecule has 0 amide bonds. The van der Waals surface area contributed by atoms with Crippen LogP contribution in [0.4, 0.5) is 0 Å². The van der Waals surface area contributed by atoms with Gasteiger partial charge in [0.1, 0.15) is 11.4 Å². The van der Waals surface area contributed by atoms with Crippen molar-refractivity contribution in [2.24, 2.45) is 12.2 Å². The first-order valence-electron chi connectivity index (χ1n) is 8.37. The number of morpholine rings is 1. The number of nitrogens with zero attached hydrogens (tertiary/aromatic N) is 4. The maximum atomic E-state index is 11.9. The van der Waals surface area contributed by atoms with Crippen molar-refractivity contribution in [1.82, 2.24) is 14.7 Å². The number of ether oxygens (including phenoxy) is 2. The molecule has 0 aliphatic carbocycles. The molecular weight excluding hydrogens is 336 g/mol. The summed E-state index contributed by atoms with van der Waals surface area (Å²) in [6.07, 6.45) is 3.04. The van der Waals surface area contributed by atoms with Crippen LogP contribution in [-0.2, 0) is 23.2 Å². The van der Waals surface area contributed by atoms with Crippen LogP contribution in [0, 0.1) is 0 Å². The number of aromatic nitrogens is 2. The van der Waals surface area contributed by atoms with Gasteiger partial charge in [0.05, 0.1) is 26.5 Å². The molecule has 0 spiro atoms. The number of carbonyl (C=O) groups is 1. The van der Waals surface area contributed by atoms with E-state index in [9.17, 15) is 4.79 Å². The van der Waals surface area contributed by atoms with Crippen LogP contribution in [0.25, 0.3) is 0 Å². The lowest BCUT2D eigenvalue weighted by Crippen LogP contribution is -2.35. The fourth-order valence-electron chi connectivity index (χ4n) is 2.76. The number of hydrogen-bond acceptors (Lipinski definition) is 7. The second-order valence-corrected chi connectivity index (χ2v) is 5.91. The summed E-state index contributed by atoms with van der Waals surface area (Å²) in [7, 11) is 3.32. The highest BCUT2D eigenvalue weighted by Crippen LogP contribution is 2.21. The predicted octanol–water partition coefficient (Wildman–Crippen LogP) is 1.45. The highest BCUT2D eigenvalue weighted by atomic mass is 16.7. The zero-order valence-electron chi connectivity index (χ0n) is 14.9. The standard InChI is InChI=1S/C18H22N4O4/c1-21-16(5-6-19-21)18(23)26-20-12-14-3-4-17(24-2)15(11-14)13-22-7-9-25-10-8-22/h3-6,11-12H,7-10,13H2,1-2H3/b20-12-. The summed E-state index contributed by atoms with van der Waals surface area (Å²) in [6, 6.07) is 7.31. The average molecular weight is 358 g/mol. The van der Waals surface area contributed by atoms with E-state index in [0.29, 0.717) is 5.69 Å². The molecule has 0 bridgehead atoms. The Morgan fingerprint density at radius 1 is 1.35 bits per heavy atom. The van der Waals surface area contributed by atoms with Gasteiger partial charge < -0.3 is 14.3 Å². The van der Waals surface area contributed by atoms with Crippen LogP contribution >= 0.6 is 0 Å². The fourth-order valence-corrected chi connectivity index (χ4v) is 2.76. The Hall–Kier alpha value is -2.71. The summed E-state index contributed by atoms with van der Waals surface area (Å²) in [4.78, 5) is 19.2. The van der Waals surface area contributed by atoms with E-state index in [2.05, 4.69) is 15.2 Å². The molecule has 1 saturated heterocycles. The topological polar surface area (TPSA) is 78.2 Å². The Labute approximate surface area is 151 Å². The van der Waals surface area contributed by atoms with Gasteiger partial charge in [0.15, 0.2) is 0 Å². The number of benzene rings is 1. The molecule has 0 atom stereocenters. The molecule has 26 heavy (non-hydrogen) atoms. The van der Waals surface area contributed by atoms with Gasteiger partial charge in [-0.25, -0.2) is 4.79 Å². The minimum absolute atomic E-state index is 0.338. The van der Waals surface area contributed by atoms with E-state index in [4.69, 9.17) is 14.3 Å². The summed E-state index contributed by atoms with van der Waals surface area (Å²) in [5, 5.41) is 7.72. The zero-order valence-corrected chi connectivity index (χ0v) is 14.9. The van der Waals surface area contributed by atoms with Crippen LogP contribution in [0.2, 0.25) is 0 Å². The summed E-state index contributed by atoms with van der Waals surface area (Å²) < 4.78 is 12.3. The molecule has 138 valence electrons. The van der Waals surface area contributed by atoms with E-state index in [0.717, 1.165) is 49.7 Å². The maximum absolute atomic E-state index is 11.9. The average Bonchev–Trinajstić information content (AvgIpc) is 3.09. The van der Waals surface area contributed by atoms with E-state index in [1.807, 2.05) is 18.2 Å². The number of rotatable bonds is 6. The van der Waals surface area contributed by atoms with Crippen molar-refractivity contribution in [3.8, 4) is 5.75 Å². The first-order chi connectivity index (χ1) is 12.7. The Kier molecular flexibility index (Phi) is 5.98. The van der Waals surface area contributed by atoms with Gasteiger partial charge >= 0.3 is 5.97 Å². The van der Waals surface area contributed by atoms with Crippen LogP contribution in [0.15, 0.2) is 35.6 Å². The molecule has 0 N–H and O–H groups in total. The van der Waals surface area contributed by atoms with Gasteiger partial charge in [0.25, 0.3) is 0 Å². The number of oxime groups is 1. The zero-order chi connectivity index (χ0) is 18.4. The second kappa shape index (κ2) is 8.59. The largest absolute Gasteiger partial charge is 0.496 e. The molecule has 8 nitrogen and oxygen atoms in total. The van der Waals surface area contributed by atoms with Crippen LogP contribution in [0.5, 0.6) is 5.75 Å². The molecule has 1 aromatic carbocycles. The molecule has 3 rings (SSSR count). The van der Waals surface area contributed by atoms with Gasteiger partial charge in [-0.3, -0.25) is 9.58 Å². The third-order valence-corrected chi connectivity index (χ3v) is 4.17. The maximum Gasteiger partial charge on any atom is 0.383 e. The van der Waals surface area contributed by atoms with Crippen molar-refractivity contribution in [2.75, 3.05) is 33.4 Å². The highest BCUT2D eigenvalue weighted by Gasteiger charge is 2.14. The molecule has 0 radical (unpaired) electrons. The molecule has 1 aliphatic rings. The molecule has 1 aromatic heterocycles. The Morgan fingerprint density at radius 3 is 2.85 bits per heavy atom. The highest BCUT2D eigenvalue weighted by molar-refractivity contribution is 5.88. The first-order valence-corrected chi connectivity index (χ1v) is 8.37. The molecule has 8 heteroatoms. The van der Waals surface area contributed by atoms with Crippen LogP contribution in [0.3, 0.4) is 0 Å². The minimum atomic E-state index is -0.552. The van der Waals surface area contributed by atoms with Crippen molar-refractivity contribution < 1.29 is 19.1 Å². The first kappa shape index (κ1) is 18.1. The lowest BCUT2D eigenvalue weighted by molar-refractivity contribution is 0.0339. The number of hydrogen-bond donors (Lipinski definition) is 0. The number of aryl methyl sites for hydroxylation is 1. The minimum Gasteiger partial charge on any atom is -0.496 e. The number of methoxy groups -OCH3 is 1. The van der Waals surface area contributed by atoms with Crippen LogP contribution < -0.4 is 4.74 Å². The molecule has 2 aromatic rings. The van der Waals surface area contributed by atoms with Gasteiger partial charge in [-0.2, -0.15) is 5.10 Å². The van der Waals surface area contributed by atoms with E-state index >= 15 is 0 Å². The van der Waals surface area contributed by atoms with Gasteiger partial charge in [-0.15, -0.1) is 0 Å². The Bertz CT molecular complexity index is 781. The van der Waals surface area contributed by atoms with Gasteiger partial charge in [0, 0.05) is 38.4 Å². The summed E-state index contributed by atoms with van der Waals surface area (Å²) >= 11 is 0. The molecule has 0 saturated carbocycles. The quantitative estimate of drug-likeness (QED) is 0.442. The van der Waals surface area contributed by atoms with Crippen molar-refractivity contribution in [3.63, 3.8) is 0 Å². The molecular formula is C18H22N4O4. The SMILES string of the molecule is COc1ccc(/C=N\OC(=O)c2ccnn2C)cc1CN1CCOCC1. The van der Waals surface area contributed by atoms with Crippen molar-refractivity contribution in [3.05, 3.63) is 47.3 Å². The van der Waals surface area contributed by atoms with Crippen LogP contribution in [0.1, 0.15) is 21.6 Å². The lowest BCUT2D eigenvalue weighted by atomic mass is 10.1. The fraction of sp³-hybridized carbons (Fsp3) is 0.389. The molecule has 1 fully saturated rings. The van der Waals surface area contributed by atoms with E-state index < -0.39 is 5.97 Å². The van der Waals surface area contributed by atoms with Gasteiger partial charge in [0.2, 0.25) is 0 Å². The molecule has 0 unspecified atom stereocenters. The van der Waals surface area contributed by atoms with Crippen molar-refractivity contribution >= 4 is 12.2 Å². The Morgan fingerprint density at radius 2 is 2.15 bits per heavy atom. The third-order valence-electron chi connectivity index (χ3n) is 4.17. The van der Waals surface area contributed by atoms with Crippen LogP contribution in [-0.4, -0.2) is 60.3 Å². The van der Waals surface area contributed by atoms with E-state index in [-0.39, 0.29) is 0 Å². The molecule has 1 aliphatic heterocycles. The summed E-state index contributed by atoms with van der Waals surface area (Å²) in [5.74, 6) is 0.267. The molecule has 2 heterocycles. The van der Waals surface area contributed by atoms with Crippen molar-refractivity contribution in [1.29, 1.82) is 0 Å². The van der Waals surface area contributed by atoms with Crippen molar-refractivity contribution in [2.45, 2.75) is 6.54 Å². The van der Waals surface area contributed by atoms with E-state index in [1.54, 1.807) is 20.2 Å². The van der Waals surface area contributed by atoms with Gasteiger partial charge in [-0.1, -0.05) is 5.16 Å². The monoisotopic (exact) mass is 358 g/mol. The second-order valence-electron chi connectivity index (χ2n) is 5.91.